The number of carbonyl (C=O) groups is 2. The van der Waals surface area contributed by atoms with Gasteiger partial charge in [0.1, 0.15) is 5.82 Å². The number of imide groups is 1. The monoisotopic (exact) mass is 332 g/mol. The minimum Gasteiger partial charge on any atom is -0.301 e. The van der Waals surface area contributed by atoms with Crippen molar-refractivity contribution in [1.82, 2.24) is 5.32 Å². The zero-order valence-electron chi connectivity index (χ0n) is 12.1. The van der Waals surface area contributed by atoms with Crippen LogP contribution in [0.4, 0.5) is 10.1 Å². The molecule has 118 valence electrons. The maximum absolute atomic E-state index is 13.0. The average Bonchev–Trinajstić information content (AvgIpc) is 2.82. The van der Waals surface area contributed by atoms with Crippen LogP contribution in [0.5, 0.6) is 0 Å². The lowest BCUT2D eigenvalue weighted by Crippen LogP contribution is -2.38. The molecular formula is C17H14ClFN2O2. The van der Waals surface area contributed by atoms with E-state index in [-0.39, 0.29) is 18.2 Å². The third-order valence-corrected chi connectivity index (χ3v) is 3.95. The fourth-order valence-corrected chi connectivity index (χ4v) is 2.62. The van der Waals surface area contributed by atoms with Gasteiger partial charge in [0, 0.05) is 11.6 Å². The molecule has 23 heavy (non-hydrogen) atoms. The van der Waals surface area contributed by atoms with E-state index in [0.29, 0.717) is 17.3 Å². The SMILES string of the molecule is O=C1CC(NCc2ccc(Cl)cc2)C(=O)N1c1ccc(F)cc1. The Morgan fingerprint density at radius 3 is 2.39 bits per heavy atom. The quantitative estimate of drug-likeness (QED) is 0.876. The van der Waals surface area contributed by atoms with Crippen LogP contribution in [0.2, 0.25) is 5.02 Å². The number of amides is 2. The standard InChI is InChI=1S/C17H14ClFN2O2/c18-12-3-1-11(2-4-12)10-20-15-9-16(22)21(17(15)23)14-7-5-13(19)6-8-14/h1-8,15,20H,9-10H2. The topological polar surface area (TPSA) is 49.4 Å². The Morgan fingerprint density at radius 1 is 1.09 bits per heavy atom. The van der Waals surface area contributed by atoms with E-state index < -0.39 is 11.9 Å². The molecule has 2 aromatic carbocycles. The number of hydrogen-bond acceptors (Lipinski definition) is 3. The third kappa shape index (κ3) is 3.41. The zero-order valence-corrected chi connectivity index (χ0v) is 12.9. The maximum atomic E-state index is 13.0. The minimum atomic E-state index is -0.580. The highest BCUT2D eigenvalue weighted by atomic mass is 35.5. The Hall–Kier alpha value is -2.24. The second-order valence-corrected chi connectivity index (χ2v) is 5.74. The first-order chi connectivity index (χ1) is 11.0. The van der Waals surface area contributed by atoms with E-state index in [1.165, 1.54) is 24.3 Å². The first-order valence-corrected chi connectivity index (χ1v) is 7.52. The largest absolute Gasteiger partial charge is 0.301 e. The predicted molar refractivity (Wildman–Crippen MR) is 85.6 cm³/mol. The summed E-state index contributed by atoms with van der Waals surface area (Å²) >= 11 is 5.83. The molecule has 1 N–H and O–H groups in total. The number of benzene rings is 2. The molecule has 1 atom stereocenters. The second kappa shape index (κ2) is 6.48. The molecule has 1 saturated heterocycles. The van der Waals surface area contributed by atoms with Crippen molar-refractivity contribution in [1.29, 1.82) is 0 Å². The molecule has 1 aliphatic rings. The van der Waals surface area contributed by atoms with Gasteiger partial charge in [0.05, 0.1) is 18.2 Å². The van der Waals surface area contributed by atoms with Gasteiger partial charge in [-0.3, -0.25) is 9.59 Å². The van der Waals surface area contributed by atoms with Gasteiger partial charge >= 0.3 is 0 Å². The van der Waals surface area contributed by atoms with Gasteiger partial charge in [-0.05, 0) is 42.0 Å². The van der Waals surface area contributed by atoms with Gasteiger partial charge in [0.25, 0.3) is 5.91 Å². The Kier molecular flexibility index (Phi) is 4.41. The lowest BCUT2D eigenvalue weighted by Gasteiger charge is -2.15. The van der Waals surface area contributed by atoms with E-state index in [9.17, 15) is 14.0 Å². The molecule has 1 fully saturated rings. The number of rotatable bonds is 4. The van der Waals surface area contributed by atoms with Gasteiger partial charge in [0.15, 0.2) is 0 Å². The number of nitrogens with zero attached hydrogens (tertiary/aromatic N) is 1. The van der Waals surface area contributed by atoms with Crippen LogP contribution in [0.15, 0.2) is 48.5 Å². The molecule has 4 nitrogen and oxygen atoms in total. The van der Waals surface area contributed by atoms with Crippen molar-refractivity contribution in [3.05, 3.63) is 64.9 Å². The van der Waals surface area contributed by atoms with Gasteiger partial charge in [0.2, 0.25) is 5.91 Å². The summed E-state index contributed by atoms with van der Waals surface area (Å²) in [6.45, 7) is 0.456. The number of carbonyl (C=O) groups excluding carboxylic acids is 2. The molecule has 1 aliphatic heterocycles. The molecule has 1 heterocycles. The molecule has 2 amide bonds. The molecule has 1 unspecified atom stereocenters. The summed E-state index contributed by atoms with van der Waals surface area (Å²) in [5.41, 5.74) is 1.35. The van der Waals surface area contributed by atoms with Crippen LogP contribution < -0.4 is 10.2 Å². The first-order valence-electron chi connectivity index (χ1n) is 7.15. The first kappa shape index (κ1) is 15.6. The van der Waals surface area contributed by atoms with E-state index in [2.05, 4.69) is 5.32 Å². The fourth-order valence-electron chi connectivity index (χ4n) is 2.50. The molecule has 0 aliphatic carbocycles. The second-order valence-electron chi connectivity index (χ2n) is 5.31. The van der Waals surface area contributed by atoms with E-state index in [1.807, 2.05) is 12.1 Å². The number of nitrogens with one attached hydrogen (secondary N) is 1. The van der Waals surface area contributed by atoms with E-state index in [4.69, 9.17) is 11.6 Å². The van der Waals surface area contributed by atoms with Crippen LogP contribution in [0, 0.1) is 5.82 Å². The van der Waals surface area contributed by atoms with Crippen molar-refractivity contribution >= 4 is 29.1 Å². The van der Waals surface area contributed by atoms with Crippen molar-refractivity contribution in [2.45, 2.75) is 19.0 Å². The van der Waals surface area contributed by atoms with Crippen LogP contribution in [-0.4, -0.2) is 17.9 Å². The molecule has 3 rings (SSSR count). The number of anilines is 1. The fraction of sp³-hybridized carbons (Fsp3) is 0.176. The summed E-state index contributed by atoms with van der Waals surface area (Å²) < 4.78 is 13.0. The molecular weight excluding hydrogens is 319 g/mol. The summed E-state index contributed by atoms with van der Waals surface area (Å²) in [4.78, 5) is 25.6. The smallest absolute Gasteiger partial charge is 0.251 e. The molecule has 0 bridgehead atoms. The summed E-state index contributed by atoms with van der Waals surface area (Å²) in [7, 11) is 0. The Balaban J connectivity index is 1.68. The maximum Gasteiger partial charge on any atom is 0.251 e. The lowest BCUT2D eigenvalue weighted by molar-refractivity contribution is -0.121. The summed E-state index contributed by atoms with van der Waals surface area (Å²) in [5.74, 6) is -1.03. The Morgan fingerprint density at radius 2 is 1.74 bits per heavy atom. The summed E-state index contributed by atoms with van der Waals surface area (Å²) in [6, 6.07) is 12.0. The summed E-state index contributed by atoms with van der Waals surface area (Å²) in [6.07, 6.45) is 0.0871. The van der Waals surface area contributed by atoms with Crippen molar-refractivity contribution in [3.8, 4) is 0 Å². The number of hydrogen-bond donors (Lipinski definition) is 1. The lowest BCUT2D eigenvalue weighted by atomic mass is 10.2. The van der Waals surface area contributed by atoms with Crippen LogP contribution in [0.3, 0.4) is 0 Å². The molecule has 0 radical (unpaired) electrons. The number of halogens is 2. The van der Waals surface area contributed by atoms with E-state index in [1.54, 1.807) is 12.1 Å². The third-order valence-electron chi connectivity index (χ3n) is 3.70. The van der Waals surface area contributed by atoms with Gasteiger partial charge in [-0.1, -0.05) is 23.7 Å². The summed E-state index contributed by atoms with van der Waals surface area (Å²) in [5, 5.41) is 3.72. The van der Waals surface area contributed by atoms with Gasteiger partial charge in [-0.25, -0.2) is 9.29 Å². The van der Waals surface area contributed by atoms with Crippen LogP contribution in [0.25, 0.3) is 0 Å². The molecule has 0 aromatic heterocycles. The van der Waals surface area contributed by atoms with Crippen molar-refractivity contribution < 1.29 is 14.0 Å². The highest BCUT2D eigenvalue weighted by Gasteiger charge is 2.39. The van der Waals surface area contributed by atoms with Crippen molar-refractivity contribution in [2.75, 3.05) is 4.90 Å². The van der Waals surface area contributed by atoms with Gasteiger partial charge in [-0.15, -0.1) is 0 Å². The zero-order chi connectivity index (χ0) is 16.4. The molecule has 6 heteroatoms. The molecule has 2 aromatic rings. The Labute approximate surface area is 137 Å². The Bertz CT molecular complexity index is 731. The highest BCUT2D eigenvalue weighted by Crippen LogP contribution is 2.23. The predicted octanol–water partition coefficient (Wildman–Crippen LogP) is 2.90. The van der Waals surface area contributed by atoms with Gasteiger partial charge in [-0.2, -0.15) is 0 Å². The molecule has 0 saturated carbocycles. The van der Waals surface area contributed by atoms with E-state index >= 15 is 0 Å². The van der Waals surface area contributed by atoms with Crippen LogP contribution >= 0.6 is 11.6 Å². The highest BCUT2D eigenvalue weighted by molar-refractivity contribution is 6.30. The van der Waals surface area contributed by atoms with Crippen molar-refractivity contribution in [3.63, 3.8) is 0 Å². The average molecular weight is 333 g/mol. The van der Waals surface area contributed by atoms with E-state index in [0.717, 1.165) is 10.5 Å². The normalized spacial score (nSPS) is 17.8. The van der Waals surface area contributed by atoms with Gasteiger partial charge < -0.3 is 5.32 Å². The minimum absolute atomic E-state index is 0.0871. The van der Waals surface area contributed by atoms with Crippen LogP contribution in [0.1, 0.15) is 12.0 Å². The van der Waals surface area contributed by atoms with Crippen LogP contribution in [-0.2, 0) is 16.1 Å². The molecule has 0 spiro atoms. The van der Waals surface area contributed by atoms with Crippen molar-refractivity contribution in [2.24, 2.45) is 0 Å².